The molecule has 6 nitrogen and oxygen atoms in total. The third-order valence-electron chi connectivity index (χ3n) is 2.40. The Morgan fingerprint density at radius 3 is 2.82 bits per heavy atom. The van der Waals surface area contributed by atoms with Gasteiger partial charge in [0.15, 0.2) is 0 Å². The van der Waals surface area contributed by atoms with E-state index in [1.807, 2.05) is 6.92 Å². The van der Waals surface area contributed by atoms with E-state index in [4.69, 9.17) is 5.73 Å². The van der Waals surface area contributed by atoms with Crippen LogP contribution >= 0.6 is 11.3 Å². The molecule has 0 aliphatic rings. The number of rotatable bonds is 3. The maximum Gasteiger partial charge on any atom is 0.331 e. The molecular weight excluding hydrogens is 240 g/mol. The van der Waals surface area contributed by atoms with Crippen molar-refractivity contribution in [3.05, 3.63) is 43.6 Å². The minimum atomic E-state index is -0.451. The molecular formula is C10H12N4O2S. The molecule has 0 aliphatic carbocycles. The second kappa shape index (κ2) is 4.54. The van der Waals surface area contributed by atoms with Crippen LogP contribution < -0.4 is 17.0 Å². The Morgan fingerprint density at radius 1 is 1.47 bits per heavy atom. The summed E-state index contributed by atoms with van der Waals surface area (Å²) in [6, 6.07) is 0. The van der Waals surface area contributed by atoms with Crippen LogP contribution in [-0.4, -0.2) is 14.1 Å². The zero-order chi connectivity index (χ0) is 12.4. The van der Waals surface area contributed by atoms with Gasteiger partial charge in [-0.2, -0.15) is 0 Å². The van der Waals surface area contributed by atoms with Crippen molar-refractivity contribution in [3.8, 4) is 0 Å². The number of aromatic nitrogens is 3. The summed E-state index contributed by atoms with van der Waals surface area (Å²) in [7, 11) is 0. The van der Waals surface area contributed by atoms with Gasteiger partial charge in [-0.15, -0.1) is 11.3 Å². The van der Waals surface area contributed by atoms with Crippen LogP contribution in [0.4, 0.5) is 5.69 Å². The van der Waals surface area contributed by atoms with Gasteiger partial charge in [-0.1, -0.05) is 0 Å². The Hall–Kier alpha value is -1.89. The van der Waals surface area contributed by atoms with Crippen molar-refractivity contribution in [1.82, 2.24) is 14.1 Å². The molecule has 0 saturated carbocycles. The lowest BCUT2D eigenvalue weighted by Gasteiger charge is -2.08. The molecule has 0 spiro atoms. The quantitative estimate of drug-likeness (QED) is 0.841. The molecule has 2 heterocycles. The first-order valence-electron chi connectivity index (χ1n) is 5.10. The largest absolute Gasteiger partial charge is 0.393 e. The first-order chi connectivity index (χ1) is 8.13. The second-order valence-corrected chi connectivity index (χ2v) is 4.48. The Kier molecular flexibility index (Phi) is 3.10. The summed E-state index contributed by atoms with van der Waals surface area (Å²) >= 11 is 1.39. The molecule has 2 aromatic rings. The van der Waals surface area contributed by atoms with Gasteiger partial charge in [0.2, 0.25) is 0 Å². The zero-order valence-corrected chi connectivity index (χ0v) is 10.1. The highest BCUT2D eigenvalue weighted by atomic mass is 32.1. The monoisotopic (exact) mass is 252 g/mol. The van der Waals surface area contributed by atoms with Crippen molar-refractivity contribution in [2.45, 2.75) is 20.0 Å². The highest BCUT2D eigenvalue weighted by molar-refractivity contribution is 7.09. The van der Waals surface area contributed by atoms with Gasteiger partial charge < -0.3 is 5.73 Å². The first-order valence-corrected chi connectivity index (χ1v) is 5.98. The summed E-state index contributed by atoms with van der Waals surface area (Å²) in [5, 5.41) is 0. The molecule has 0 unspecified atom stereocenters. The Labute approximate surface area is 101 Å². The fraction of sp³-hybridized carbons (Fsp3) is 0.300. The van der Waals surface area contributed by atoms with Crippen molar-refractivity contribution < 1.29 is 0 Å². The van der Waals surface area contributed by atoms with E-state index in [-0.39, 0.29) is 17.9 Å². The fourth-order valence-corrected chi connectivity index (χ4v) is 2.10. The topological polar surface area (TPSA) is 82.9 Å². The van der Waals surface area contributed by atoms with Gasteiger partial charge in [0.05, 0.1) is 12.1 Å². The lowest BCUT2D eigenvalue weighted by molar-refractivity contribution is 0.606. The van der Waals surface area contributed by atoms with E-state index in [1.165, 1.54) is 22.1 Å². The standard InChI is InChI=1S/C10H12N4O2S/c1-2-13-5-8(11)9(15)14(10(13)16)4-7-3-12-6-17-7/h3,5-6H,2,4,11H2,1H3. The van der Waals surface area contributed by atoms with Gasteiger partial charge in [-0.05, 0) is 6.92 Å². The Balaban J connectivity index is 2.56. The van der Waals surface area contributed by atoms with Crippen LogP contribution in [0.15, 0.2) is 27.5 Å². The van der Waals surface area contributed by atoms with E-state index in [1.54, 1.807) is 11.7 Å². The van der Waals surface area contributed by atoms with Gasteiger partial charge in [0, 0.05) is 23.8 Å². The van der Waals surface area contributed by atoms with E-state index in [9.17, 15) is 9.59 Å². The zero-order valence-electron chi connectivity index (χ0n) is 9.29. The van der Waals surface area contributed by atoms with Crippen LogP contribution in [0.1, 0.15) is 11.8 Å². The number of hydrogen-bond donors (Lipinski definition) is 1. The number of nitrogens with two attached hydrogens (primary N) is 1. The van der Waals surface area contributed by atoms with Gasteiger partial charge in [-0.25, -0.2) is 4.79 Å². The van der Waals surface area contributed by atoms with Gasteiger partial charge in [0.1, 0.15) is 5.69 Å². The van der Waals surface area contributed by atoms with Crippen molar-refractivity contribution in [2.24, 2.45) is 0 Å². The van der Waals surface area contributed by atoms with Crippen LogP contribution in [0.5, 0.6) is 0 Å². The molecule has 0 aliphatic heterocycles. The molecule has 0 bridgehead atoms. The Morgan fingerprint density at radius 2 is 2.24 bits per heavy atom. The molecule has 7 heteroatoms. The van der Waals surface area contributed by atoms with Crippen LogP contribution in [0.25, 0.3) is 0 Å². The lowest BCUT2D eigenvalue weighted by Crippen LogP contribution is -2.40. The second-order valence-electron chi connectivity index (χ2n) is 3.51. The molecule has 90 valence electrons. The van der Waals surface area contributed by atoms with E-state index in [0.717, 1.165) is 9.44 Å². The molecule has 2 rings (SSSR count). The highest BCUT2D eigenvalue weighted by Crippen LogP contribution is 2.05. The van der Waals surface area contributed by atoms with Crippen molar-refractivity contribution in [1.29, 1.82) is 0 Å². The molecule has 0 saturated heterocycles. The third-order valence-corrected chi connectivity index (χ3v) is 3.17. The summed E-state index contributed by atoms with van der Waals surface area (Å²) in [5.74, 6) is 0. The number of nitrogens with zero attached hydrogens (tertiary/aromatic N) is 3. The molecule has 0 atom stereocenters. The highest BCUT2D eigenvalue weighted by Gasteiger charge is 2.09. The van der Waals surface area contributed by atoms with Crippen molar-refractivity contribution in [2.75, 3.05) is 5.73 Å². The SMILES string of the molecule is CCn1cc(N)c(=O)n(Cc2cncs2)c1=O. The van der Waals surface area contributed by atoms with Crippen LogP contribution in [-0.2, 0) is 13.1 Å². The minimum absolute atomic E-state index is 0.0796. The predicted octanol–water partition coefficient (Wildman–Crippen LogP) is 0.117. The molecule has 0 fully saturated rings. The van der Waals surface area contributed by atoms with Crippen molar-refractivity contribution in [3.63, 3.8) is 0 Å². The van der Waals surface area contributed by atoms with E-state index < -0.39 is 5.56 Å². The smallest absolute Gasteiger partial charge is 0.331 e. The predicted molar refractivity (Wildman–Crippen MR) is 66.3 cm³/mol. The molecule has 0 radical (unpaired) electrons. The minimum Gasteiger partial charge on any atom is -0.393 e. The number of anilines is 1. The van der Waals surface area contributed by atoms with E-state index >= 15 is 0 Å². The third kappa shape index (κ3) is 2.14. The summed E-state index contributed by atoms with van der Waals surface area (Å²) in [6.07, 6.45) is 3.02. The molecule has 2 aromatic heterocycles. The molecule has 0 aromatic carbocycles. The first kappa shape index (κ1) is 11.6. The van der Waals surface area contributed by atoms with Crippen LogP contribution in [0.2, 0.25) is 0 Å². The van der Waals surface area contributed by atoms with Crippen LogP contribution in [0, 0.1) is 0 Å². The van der Waals surface area contributed by atoms with E-state index in [0.29, 0.717) is 6.54 Å². The van der Waals surface area contributed by atoms with Gasteiger partial charge >= 0.3 is 5.69 Å². The summed E-state index contributed by atoms with van der Waals surface area (Å²) in [4.78, 5) is 28.5. The van der Waals surface area contributed by atoms with Gasteiger partial charge in [-0.3, -0.25) is 18.9 Å². The van der Waals surface area contributed by atoms with Gasteiger partial charge in [0.25, 0.3) is 5.56 Å². The molecule has 2 N–H and O–H groups in total. The number of aryl methyl sites for hydroxylation is 1. The maximum absolute atomic E-state index is 12.0. The van der Waals surface area contributed by atoms with Crippen molar-refractivity contribution >= 4 is 17.0 Å². The fourth-order valence-electron chi connectivity index (χ4n) is 1.52. The maximum atomic E-state index is 12.0. The number of thiazole rings is 1. The Bertz CT molecular complexity index is 627. The lowest BCUT2D eigenvalue weighted by atomic mass is 10.4. The average Bonchev–Trinajstić information content (AvgIpc) is 2.82. The van der Waals surface area contributed by atoms with E-state index in [2.05, 4.69) is 4.98 Å². The number of nitrogen functional groups attached to an aromatic ring is 1. The number of hydrogen-bond acceptors (Lipinski definition) is 5. The average molecular weight is 252 g/mol. The molecule has 0 amide bonds. The normalized spacial score (nSPS) is 10.6. The molecule has 17 heavy (non-hydrogen) atoms. The van der Waals surface area contributed by atoms with Crippen LogP contribution in [0.3, 0.4) is 0 Å². The summed E-state index contributed by atoms with van der Waals surface area (Å²) < 4.78 is 2.55. The summed E-state index contributed by atoms with van der Waals surface area (Å²) in [5.41, 5.74) is 6.53. The summed E-state index contributed by atoms with van der Waals surface area (Å²) in [6.45, 7) is 2.52.